The van der Waals surface area contributed by atoms with Gasteiger partial charge in [0.05, 0.1) is 18.8 Å². The topological polar surface area (TPSA) is 41.9 Å². The van der Waals surface area contributed by atoms with Crippen LogP contribution in [-0.2, 0) is 16.0 Å². The van der Waals surface area contributed by atoms with Gasteiger partial charge in [-0.3, -0.25) is 5.01 Å². The van der Waals surface area contributed by atoms with Crippen LogP contribution in [0.3, 0.4) is 0 Å². The van der Waals surface area contributed by atoms with Gasteiger partial charge >= 0.3 is 5.97 Å². The van der Waals surface area contributed by atoms with Crippen molar-refractivity contribution in [2.24, 2.45) is 5.10 Å². The summed E-state index contributed by atoms with van der Waals surface area (Å²) < 4.78 is 4.69. The van der Waals surface area contributed by atoms with E-state index < -0.39 is 0 Å². The largest absolute Gasteiger partial charge is 0.464 e. The monoisotopic (exact) mass is 216 g/mol. The molecule has 4 heteroatoms. The van der Waals surface area contributed by atoms with E-state index in [9.17, 15) is 4.79 Å². The lowest BCUT2D eigenvalue weighted by atomic mass is 10.1. The number of para-hydroxylation sites is 1. The van der Waals surface area contributed by atoms with Crippen LogP contribution in [0.1, 0.15) is 12.0 Å². The molecule has 82 valence electrons. The van der Waals surface area contributed by atoms with E-state index in [-0.39, 0.29) is 5.97 Å². The first-order valence-corrected chi connectivity index (χ1v) is 5.32. The van der Waals surface area contributed by atoms with E-state index in [2.05, 4.69) is 11.2 Å². The molecule has 0 saturated carbocycles. The Bertz CT molecular complexity index is 482. The molecule has 0 bridgehead atoms. The molecule has 0 radical (unpaired) electrons. The lowest BCUT2D eigenvalue weighted by molar-refractivity contribution is -0.132. The zero-order valence-corrected chi connectivity index (χ0v) is 9.01. The number of carbonyl (C=O) groups excluding carboxylic acids is 1. The molecule has 16 heavy (non-hydrogen) atoms. The van der Waals surface area contributed by atoms with Crippen molar-refractivity contribution in [3.05, 3.63) is 29.8 Å². The number of methoxy groups -OCH3 is 1. The zero-order valence-electron chi connectivity index (χ0n) is 9.01. The third-order valence-electron chi connectivity index (χ3n) is 3.12. The maximum absolute atomic E-state index is 11.4. The van der Waals surface area contributed by atoms with E-state index >= 15 is 0 Å². The number of hydrogen-bond donors (Lipinski definition) is 0. The fourth-order valence-corrected chi connectivity index (χ4v) is 2.37. The van der Waals surface area contributed by atoms with Crippen molar-refractivity contribution >= 4 is 17.4 Å². The van der Waals surface area contributed by atoms with Crippen LogP contribution in [0.5, 0.6) is 0 Å². The van der Waals surface area contributed by atoms with Crippen molar-refractivity contribution < 1.29 is 9.53 Å². The number of hydrazone groups is 1. The molecule has 3 rings (SSSR count). The quantitative estimate of drug-likeness (QED) is 0.665. The molecule has 0 unspecified atom stereocenters. The number of carbonyl (C=O) groups is 1. The minimum Gasteiger partial charge on any atom is -0.464 e. The summed E-state index contributed by atoms with van der Waals surface area (Å²) in [6.45, 7) is 0. The highest BCUT2D eigenvalue weighted by atomic mass is 16.5. The van der Waals surface area contributed by atoms with E-state index in [1.807, 2.05) is 23.2 Å². The van der Waals surface area contributed by atoms with Crippen molar-refractivity contribution in [2.75, 3.05) is 12.1 Å². The van der Waals surface area contributed by atoms with E-state index in [4.69, 9.17) is 4.74 Å². The van der Waals surface area contributed by atoms with E-state index in [1.165, 1.54) is 12.7 Å². The predicted octanol–water partition coefficient (Wildman–Crippen LogP) is 1.35. The first kappa shape index (κ1) is 9.39. The van der Waals surface area contributed by atoms with Crippen LogP contribution in [0.15, 0.2) is 29.4 Å². The number of anilines is 1. The fraction of sp³-hybridized carbons (Fsp3) is 0.333. The number of esters is 1. The normalized spacial score (nSPS) is 21.4. The maximum Gasteiger partial charge on any atom is 0.354 e. The number of nitrogens with zero attached hydrogens (tertiary/aromatic N) is 2. The van der Waals surface area contributed by atoms with Gasteiger partial charge in [-0.05, 0) is 18.1 Å². The summed E-state index contributed by atoms with van der Waals surface area (Å²) in [5.74, 6) is -0.313. The SMILES string of the molecule is COC(=O)C1=NN2c3ccccc3C[C@H]2C1. The van der Waals surface area contributed by atoms with Crippen LogP contribution in [0, 0.1) is 0 Å². The van der Waals surface area contributed by atoms with Gasteiger partial charge in [-0.15, -0.1) is 0 Å². The van der Waals surface area contributed by atoms with Gasteiger partial charge in [0.1, 0.15) is 5.71 Å². The number of fused-ring (bicyclic) bond motifs is 3. The Balaban J connectivity index is 1.95. The van der Waals surface area contributed by atoms with Crippen molar-refractivity contribution in [1.82, 2.24) is 0 Å². The Hall–Kier alpha value is -1.84. The highest BCUT2D eigenvalue weighted by molar-refractivity contribution is 6.37. The molecule has 0 aliphatic carbocycles. The standard InChI is InChI=1S/C12H12N2O2/c1-16-12(15)10-7-9-6-8-4-2-3-5-11(8)14(9)13-10/h2-5,9H,6-7H2,1H3/t9-/m0/s1. The van der Waals surface area contributed by atoms with Crippen LogP contribution >= 0.6 is 0 Å². The van der Waals surface area contributed by atoms with Gasteiger partial charge in [0.25, 0.3) is 0 Å². The molecular weight excluding hydrogens is 204 g/mol. The first-order chi connectivity index (χ1) is 7.79. The second-order valence-corrected chi connectivity index (χ2v) is 4.07. The summed E-state index contributed by atoms with van der Waals surface area (Å²) in [6.07, 6.45) is 1.64. The second kappa shape index (κ2) is 3.33. The van der Waals surface area contributed by atoms with Crippen LogP contribution in [0.2, 0.25) is 0 Å². The van der Waals surface area contributed by atoms with Crippen LogP contribution in [-0.4, -0.2) is 24.8 Å². The molecule has 0 N–H and O–H groups in total. The Morgan fingerprint density at radius 1 is 1.44 bits per heavy atom. The number of ether oxygens (including phenoxy) is 1. The van der Waals surface area contributed by atoms with Crippen molar-refractivity contribution in [3.8, 4) is 0 Å². The van der Waals surface area contributed by atoms with Gasteiger partial charge in [-0.1, -0.05) is 18.2 Å². The first-order valence-electron chi connectivity index (χ1n) is 5.32. The Morgan fingerprint density at radius 2 is 2.25 bits per heavy atom. The number of hydrogen-bond acceptors (Lipinski definition) is 4. The summed E-state index contributed by atoms with van der Waals surface area (Å²) in [5.41, 5.74) is 2.95. The maximum atomic E-state index is 11.4. The lowest BCUT2D eigenvalue weighted by Crippen LogP contribution is -2.22. The molecule has 0 saturated heterocycles. The molecule has 1 atom stereocenters. The molecule has 1 aromatic rings. The Labute approximate surface area is 93.5 Å². The molecule has 0 aromatic heterocycles. The van der Waals surface area contributed by atoms with Crippen molar-refractivity contribution in [3.63, 3.8) is 0 Å². The number of rotatable bonds is 1. The average Bonchev–Trinajstić information content (AvgIpc) is 2.85. The van der Waals surface area contributed by atoms with Crippen LogP contribution in [0.25, 0.3) is 0 Å². The van der Waals surface area contributed by atoms with Gasteiger partial charge in [-0.2, -0.15) is 5.10 Å². The molecule has 1 aromatic carbocycles. The zero-order chi connectivity index (χ0) is 11.1. The minimum absolute atomic E-state index is 0.298. The smallest absolute Gasteiger partial charge is 0.354 e. The number of benzene rings is 1. The average molecular weight is 216 g/mol. The minimum atomic E-state index is -0.313. The molecule has 2 heterocycles. The van der Waals surface area contributed by atoms with E-state index in [1.54, 1.807) is 0 Å². The van der Waals surface area contributed by atoms with Crippen LogP contribution < -0.4 is 5.01 Å². The fourth-order valence-electron chi connectivity index (χ4n) is 2.37. The summed E-state index contributed by atoms with van der Waals surface area (Å²) in [4.78, 5) is 11.4. The molecule has 0 spiro atoms. The molecule has 0 fully saturated rings. The summed E-state index contributed by atoms with van der Waals surface area (Å²) >= 11 is 0. The van der Waals surface area contributed by atoms with Gasteiger partial charge < -0.3 is 4.74 Å². The van der Waals surface area contributed by atoms with Crippen molar-refractivity contribution in [2.45, 2.75) is 18.9 Å². The van der Waals surface area contributed by atoms with Gasteiger partial charge in [0.2, 0.25) is 0 Å². The summed E-state index contributed by atoms with van der Waals surface area (Å²) in [7, 11) is 1.39. The van der Waals surface area contributed by atoms with Gasteiger partial charge in [0, 0.05) is 6.42 Å². The van der Waals surface area contributed by atoms with Gasteiger partial charge in [0.15, 0.2) is 0 Å². The predicted molar refractivity (Wildman–Crippen MR) is 60.5 cm³/mol. The third-order valence-corrected chi connectivity index (χ3v) is 3.12. The Morgan fingerprint density at radius 3 is 3.06 bits per heavy atom. The molecule has 0 amide bonds. The highest BCUT2D eigenvalue weighted by Crippen LogP contribution is 2.36. The summed E-state index contributed by atoms with van der Waals surface area (Å²) in [5, 5.41) is 6.28. The van der Waals surface area contributed by atoms with E-state index in [0.29, 0.717) is 18.2 Å². The highest BCUT2D eigenvalue weighted by Gasteiger charge is 2.37. The third kappa shape index (κ3) is 1.23. The molecule has 4 nitrogen and oxygen atoms in total. The van der Waals surface area contributed by atoms with Crippen molar-refractivity contribution in [1.29, 1.82) is 0 Å². The summed E-state index contributed by atoms with van der Waals surface area (Å²) in [6, 6.07) is 8.48. The van der Waals surface area contributed by atoms with Gasteiger partial charge in [-0.25, -0.2) is 4.79 Å². The molecule has 2 aliphatic heterocycles. The van der Waals surface area contributed by atoms with Crippen LogP contribution in [0.4, 0.5) is 5.69 Å². The molecule has 2 aliphatic rings. The molecular formula is C12H12N2O2. The second-order valence-electron chi connectivity index (χ2n) is 4.07. The Kier molecular flexibility index (Phi) is 1.96. The van der Waals surface area contributed by atoms with E-state index in [0.717, 1.165) is 12.1 Å². The lowest BCUT2D eigenvalue weighted by Gasteiger charge is -2.13.